The molecule has 0 aromatic rings. The second-order valence-electron chi connectivity index (χ2n) is 5.59. The van der Waals surface area contributed by atoms with Gasteiger partial charge in [0.05, 0.1) is 0 Å². The predicted molar refractivity (Wildman–Crippen MR) is 71.2 cm³/mol. The zero-order chi connectivity index (χ0) is 12.4. The van der Waals surface area contributed by atoms with Crippen LogP contribution < -0.4 is 0 Å². The van der Waals surface area contributed by atoms with Gasteiger partial charge < -0.3 is 0 Å². The third kappa shape index (κ3) is 2.04. The van der Waals surface area contributed by atoms with Crippen molar-refractivity contribution >= 4 is 14.9 Å². The van der Waals surface area contributed by atoms with E-state index in [0.29, 0.717) is 12.3 Å². The van der Waals surface area contributed by atoms with Gasteiger partial charge in [-0.1, -0.05) is 0 Å². The van der Waals surface area contributed by atoms with Crippen LogP contribution in [0, 0.1) is 0 Å². The van der Waals surface area contributed by atoms with E-state index in [1.807, 2.05) is 0 Å². The molecule has 6 nitrogen and oxygen atoms in total. The summed E-state index contributed by atoms with van der Waals surface area (Å²) < 4.78 is 34.3. The minimum Gasteiger partial charge on any atom is -0.289 e. The molecule has 102 valence electrons. The summed E-state index contributed by atoms with van der Waals surface area (Å²) in [5, 5.41) is 0. The standard InChI is InChI=1S/C10H20N4O2P2/c15-17(11-1-2-11,12-3-4-12)9-10-18(16,13-5-6-13)14-7-8-14/h1-10H2. The Labute approximate surface area is 108 Å². The van der Waals surface area contributed by atoms with E-state index in [9.17, 15) is 9.13 Å². The molecule has 8 heteroatoms. The minimum atomic E-state index is -2.32. The van der Waals surface area contributed by atoms with Gasteiger partial charge in [-0.3, -0.25) is 9.13 Å². The summed E-state index contributed by atoms with van der Waals surface area (Å²) in [6.45, 7) is 7.71. The number of nitrogens with zero attached hydrogens (tertiary/aromatic N) is 4. The van der Waals surface area contributed by atoms with Crippen LogP contribution in [0.3, 0.4) is 0 Å². The minimum absolute atomic E-state index is 0.622. The highest BCUT2D eigenvalue weighted by molar-refractivity contribution is 7.63. The zero-order valence-corrected chi connectivity index (χ0v) is 12.4. The first kappa shape index (κ1) is 12.1. The van der Waals surface area contributed by atoms with Gasteiger partial charge in [0.25, 0.3) is 0 Å². The smallest absolute Gasteiger partial charge is 0.217 e. The van der Waals surface area contributed by atoms with Gasteiger partial charge in [0.2, 0.25) is 14.9 Å². The van der Waals surface area contributed by atoms with Crippen LogP contribution in [0.15, 0.2) is 0 Å². The van der Waals surface area contributed by atoms with E-state index < -0.39 is 14.9 Å². The van der Waals surface area contributed by atoms with Crippen molar-refractivity contribution in [3.8, 4) is 0 Å². The third-order valence-corrected chi connectivity index (χ3v) is 11.2. The van der Waals surface area contributed by atoms with Gasteiger partial charge in [-0.05, 0) is 0 Å². The van der Waals surface area contributed by atoms with Gasteiger partial charge in [0, 0.05) is 64.7 Å². The zero-order valence-electron chi connectivity index (χ0n) is 10.6. The third-order valence-electron chi connectivity index (χ3n) is 4.14. The SMILES string of the molecule is O=P(CCP(=O)(N1CC1)N1CC1)(N1CC1)N1CC1. The molecule has 0 unspecified atom stereocenters. The maximum Gasteiger partial charge on any atom is 0.217 e. The van der Waals surface area contributed by atoms with Crippen LogP contribution in [-0.4, -0.2) is 83.4 Å². The molecule has 0 atom stereocenters. The molecule has 0 radical (unpaired) electrons. The molecule has 0 amide bonds. The summed E-state index contributed by atoms with van der Waals surface area (Å²) in [5.41, 5.74) is 0. The first-order chi connectivity index (χ1) is 8.63. The fourth-order valence-electron chi connectivity index (χ4n) is 2.61. The van der Waals surface area contributed by atoms with Crippen molar-refractivity contribution in [2.75, 3.05) is 64.7 Å². The lowest BCUT2D eigenvalue weighted by molar-refractivity contribution is 0.508. The molecule has 4 aliphatic rings. The van der Waals surface area contributed by atoms with Crippen molar-refractivity contribution in [2.24, 2.45) is 0 Å². The van der Waals surface area contributed by atoms with Crippen molar-refractivity contribution < 1.29 is 9.13 Å². The van der Waals surface area contributed by atoms with Crippen molar-refractivity contribution in [2.45, 2.75) is 0 Å². The van der Waals surface area contributed by atoms with E-state index in [2.05, 4.69) is 18.7 Å². The Morgan fingerprint density at radius 2 is 0.778 bits per heavy atom. The Morgan fingerprint density at radius 1 is 0.556 bits per heavy atom. The predicted octanol–water partition coefficient (Wildman–Crippen LogP) is 0.635. The molecular formula is C10H20N4O2P2. The maximum absolute atomic E-state index is 13.0. The van der Waals surface area contributed by atoms with Crippen molar-refractivity contribution in [3.05, 3.63) is 0 Å². The Hall–Kier alpha value is 0.300. The summed E-state index contributed by atoms with van der Waals surface area (Å²) in [4.78, 5) is 0. The van der Waals surface area contributed by atoms with Gasteiger partial charge in [0.1, 0.15) is 0 Å². The Bertz CT molecular complexity index is 381. The second kappa shape index (κ2) is 3.91. The molecule has 4 rings (SSSR count). The summed E-state index contributed by atoms with van der Waals surface area (Å²) in [6, 6.07) is 0. The first-order valence-electron chi connectivity index (χ1n) is 6.83. The van der Waals surface area contributed by atoms with Crippen LogP contribution >= 0.6 is 14.9 Å². The van der Waals surface area contributed by atoms with Crippen LogP contribution in [0.2, 0.25) is 0 Å². The topological polar surface area (TPSA) is 46.2 Å². The van der Waals surface area contributed by atoms with Crippen LogP contribution in [0.5, 0.6) is 0 Å². The molecule has 0 N–H and O–H groups in total. The highest BCUT2D eigenvalue weighted by Crippen LogP contribution is 2.66. The fraction of sp³-hybridized carbons (Fsp3) is 1.00. The molecule has 0 saturated carbocycles. The van der Waals surface area contributed by atoms with E-state index >= 15 is 0 Å². The highest BCUT2D eigenvalue weighted by atomic mass is 31.2. The average Bonchev–Trinajstić information content (AvgIpc) is 3.27. The lowest BCUT2D eigenvalue weighted by Crippen LogP contribution is -2.16. The average molecular weight is 290 g/mol. The van der Waals surface area contributed by atoms with Crippen molar-refractivity contribution in [1.82, 2.24) is 18.7 Å². The quantitative estimate of drug-likeness (QED) is 0.506. The Kier molecular flexibility index (Phi) is 2.62. The molecule has 4 saturated heterocycles. The second-order valence-corrected chi connectivity index (χ2v) is 11.4. The molecule has 0 spiro atoms. The molecule has 0 aliphatic carbocycles. The van der Waals surface area contributed by atoms with Crippen LogP contribution in [0.4, 0.5) is 0 Å². The van der Waals surface area contributed by atoms with Gasteiger partial charge in [-0.15, -0.1) is 0 Å². The molecule has 0 aromatic heterocycles. The largest absolute Gasteiger partial charge is 0.289 e. The summed E-state index contributed by atoms with van der Waals surface area (Å²) in [6.07, 6.45) is 1.24. The number of hydrogen-bond acceptors (Lipinski definition) is 2. The van der Waals surface area contributed by atoms with E-state index in [0.717, 1.165) is 52.4 Å². The molecule has 4 aliphatic heterocycles. The molecule has 0 aromatic carbocycles. The highest BCUT2D eigenvalue weighted by Gasteiger charge is 2.52. The van der Waals surface area contributed by atoms with E-state index in [1.54, 1.807) is 0 Å². The number of rotatable bonds is 7. The van der Waals surface area contributed by atoms with Crippen molar-refractivity contribution in [1.29, 1.82) is 0 Å². The Balaban J connectivity index is 1.47. The van der Waals surface area contributed by atoms with Gasteiger partial charge in [0.15, 0.2) is 0 Å². The normalized spacial score (nSPS) is 29.6. The van der Waals surface area contributed by atoms with E-state index in [-0.39, 0.29) is 0 Å². The summed E-state index contributed by atoms with van der Waals surface area (Å²) >= 11 is 0. The monoisotopic (exact) mass is 290 g/mol. The molecule has 18 heavy (non-hydrogen) atoms. The van der Waals surface area contributed by atoms with E-state index in [1.165, 1.54) is 0 Å². The molecule has 4 heterocycles. The molecular weight excluding hydrogens is 270 g/mol. The van der Waals surface area contributed by atoms with Crippen molar-refractivity contribution in [3.63, 3.8) is 0 Å². The lowest BCUT2D eigenvalue weighted by Gasteiger charge is -2.25. The van der Waals surface area contributed by atoms with Crippen LogP contribution in [-0.2, 0) is 9.13 Å². The van der Waals surface area contributed by atoms with Gasteiger partial charge in [-0.2, -0.15) is 0 Å². The fourth-order valence-corrected chi connectivity index (χ4v) is 9.40. The first-order valence-corrected chi connectivity index (χ1v) is 10.4. The van der Waals surface area contributed by atoms with Crippen LogP contribution in [0.1, 0.15) is 0 Å². The molecule has 0 bridgehead atoms. The Morgan fingerprint density at radius 3 is 0.944 bits per heavy atom. The van der Waals surface area contributed by atoms with Crippen LogP contribution in [0.25, 0.3) is 0 Å². The van der Waals surface area contributed by atoms with Gasteiger partial charge in [-0.25, -0.2) is 18.7 Å². The number of hydrogen-bond donors (Lipinski definition) is 0. The lowest BCUT2D eigenvalue weighted by atomic mass is 11.0. The molecule has 4 fully saturated rings. The summed E-state index contributed by atoms with van der Waals surface area (Å²) in [5.74, 6) is 0. The van der Waals surface area contributed by atoms with Gasteiger partial charge >= 0.3 is 0 Å². The van der Waals surface area contributed by atoms with E-state index in [4.69, 9.17) is 0 Å². The maximum atomic E-state index is 13.0. The summed E-state index contributed by atoms with van der Waals surface area (Å²) in [7, 11) is -4.64.